The molecule has 0 amide bonds. The molecule has 0 saturated heterocycles. The molecule has 0 spiro atoms. The van der Waals surface area contributed by atoms with Crippen LogP contribution in [0.5, 0.6) is 17.2 Å². The van der Waals surface area contributed by atoms with Crippen molar-refractivity contribution in [2.24, 2.45) is 5.10 Å². The van der Waals surface area contributed by atoms with Crippen LogP contribution in [0.25, 0.3) is 0 Å². The summed E-state index contributed by atoms with van der Waals surface area (Å²) in [7, 11) is 1.60. The fourth-order valence-electron chi connectivity index (χ4n) is 1.78. The van der Waals surface area contributed by atoms with Crippen molar-refractivity contribution in [1.82, 2.24) is 4.98 Å². The number of nitrogens with zero attached hydrogens (tertiary/aromatic N) is 2. The number of anilines is 1. The van der Waals surface area contributed by atoms with Crippen molar-refractivity contribution in [3.05, 3.63) is 28.8 Å². The molecule has 20 heavy (non-hydrogen) atoms. The van der Waals surface area contributed by atoms with Gasteiger partial charge in [0.1, 0.15) is 5.75 Å². The van der Waals surface area contributed by atoms with E-state index >= 15 is 0 Å². The molecule has 3 rings (SSSR count). The van der Waals surface area contributed by atoms with E-state index in [1.165, 1.54) is 11.3 Å². The Morgan fingerprint density at radius 2 is 2.20 bits per heavy atom. The Kier molecular flexibility index (Phi) is 3.42. The number of thiazole rings is 1. The second kappa shape index (κ2) is 5.38. The minimum Gasteiger partial charge on any atom is -0.496 e. The highest BCUT2D eigenvalue weighted by Gasteiger charge is 2.16. The summed E-state index contributed by atoms with van der Waals surface area (Å²) in [6, 6.07) is 3.62. The lowest BCUT2D eigenvalue weighted by Gasteiger charge is -2.05. The highest BCUT2D eigenvalue weighted by molar-refractivity contribution is 7.13. The summed E-state index contributed by atoms with van der Waals surface area (Å²) in [5.41, 5.74) is 4.65. The minimum absolute atomic E-state index is 0.232. The molecular formula is C13H13N3O3S. The van der Waals surface area contributed by atoms with E-state index in [-0.39, 0.29) is 6.79 Å². The molecule has 1 aromatic heterocycles. The van der Waals surface area contributed by atoms with Gasteiger partial charge in [0.05, 0.1) is 19.0 Å². The largest absolute Gasteiger partial charge is 0.496 e. The van der Waals surface area contributed by atoms with Crippen molar-refractivity contribution in [3.63, 3.8) is 0 Å². The molecule has 2 aromatic rings. The normalized spacial score (nSPS) is 12.9. The molecule has 1 aromatic carbocycles. The van der Waals surface area contributed by atoms with E-state index in [1.807, 2.05) is 18.4 Å². The zero-order valence-electron chi connectivity index (χ0n) is 11.0. The summed E-state index contributed by atoms with van der Waals surface area (Å²) in [5.74, 6) is 2.05. The van der Waals surface area contributed by atoms with Gasteiger partial charge >= 0.3 is 0 Å². The molecule has 0 fully saturated rings. The fraction of sp³-hybridized carbons (Fsp3) is 0.231. The molecule has 6 nitrogen and oxygen atoms in total. The first-order valence-corrected chi connectivity index (χ1v) is 6.83. The van der Waals surface area contributed by atoms with E-state index in [2.05, 4.69) is 15.5 Å². The van der Waals surface area contributed by atoms with Crippen molar-refractivity contribution in [3.8, 4) is 17.2 Å². The molecule has 0 saturated carbocycles. The van der Waals surface area contributed by atoms with Gasteiger partial charge in [0.15, 0.2) is 11.5 Å². The van der Waals surface area contributed by atoms with E-state index in [9.17, 15) is 0 Å². The van der Waals surface area contributed by atoms with Crippen molar-refractivity contribution < 1.29 is 14.2 Å². The van der Waals surface area contributed by atoms with Gasteiger partial charge in [-0.2, -0.15) is 5.10 Å². The average Bonchev–Trinajstić information content (AvgIpc) is 3.06. The van der Waals surface area contributed by atoms with Crippen LogP contribution in [0.15, 0.2) is 22.6 Å². The van der Waals surface area contributed by atoms with Crippen LogP contribution in [0.3, 0.4) is 0 Å². The van der Waals surface area contributed by atoms with Gasteiger partial charge in [-0.25, -0.2) is 4.98 Å². The van der Waals surface area contributed by atoms with Gasteiger partial charge in [0.25, 0.3) is 0 Å². The summed E-state index contributed by atoms with van der Waals surface area (Å²) < 4.78 is 15.9. The van der Waals surface area contributed by atoms with Gasteiger partial charge in [-0.05, 0) is 13.0 Å². The highest BCUT2D eigenvalue weighted by atomic mass is 32.1. The maximum Gasteiger partial charge on any atom is 0.231 e. The second-order valence-corrected chi connectivity index (χ2v) is 4.97. The van der Waals surface area contributed by atoms with Crippen molar-refractivity contribution >= 4 is 22.7 Å². The lowest BCUT2D eigenvalue weighted by molar-refractivity contribution is 0.174. The SMILES string of the molecule is COc1cc2c(cc1C=NNc1nc(C)cs1)OCO2. The summed E-state index contributed by atoms with van der Waals surface area (Å²) >= 11 is 1.50. The summed E-state index contributed by atoms with van der Waals surface area (Å²) in [4.78, 5) is 4.26. The molecule has 1 N–H and O–H groups in total. The maximum absolute atomic E-state index is 5.34. The first-order valence-electron chi connectivity index (χ1n) is 5.95. The van der Waals surface area contributed by atoms with Gasteiger partial charge in [0, 0.05) is 17.0 Å². The molecule has 0 bridgehead atoms. The van der Waals surface area contributed by atoms with Crippen LogP contribution in [0.2, 0.25) is 0 Å². The first kappa shape index (κ1) is 12.7. The molecule has 1 aliphatic rings. The Labute approximate surface area is 120 Å². The Morgan fingerprint density at radius 3 is 2.90 bits per heavy atom. The Morgan fingerprint density at radius 1 is 1.40 bits per heavy atom. The second-order valence-electron chi connectivity index (χ2n) is 4.11. The molecule has 0 unspecified atom stereocenters. The smallest absolute Gasteiger partial charge is 0.231 e. The number of rotatable bonds is 4. The summed E-state index contributed by atoms with van der Waals surface area (Å²) in [6.45, 7) is 2.17. The molecule has 0 aliphatic carbocycles. The number of nitrogens with one attached hydrogen (secondary N) is 1. The highest BCUT2D eigenvalue weighted by Crippen LogP contribution is 2.37. The number of aryl methyl sites for hydroxylation is 1. The predicted molar refractivity (Wildman–Crippen MR) is 77.2 cm³/mol. The topological polar surface area (TPSA) is 65.0 Å². The first-order chi connectivity index (χ1) is 9.76. The Balaban J connectivity index is 1.79. The number of benzene rings is 1. The van der Waals surface area contributed by atoms with Crippen LogP contribution in [-0.2, 0) is 0 Å². The number of ether oxygens (including phenoxy) is 3. The summed E-state index contributed by atoms with van der Waals surface area (Å²) in [5, 5.41) is 6.86. The van der Waals surface area contributed by atoms with E-state index in [0.717, 1.165) is 16.4 Å². The molecule has 2 heterocycles. The van der Waals surface area contributed by atoms with Crippen LogP contribution in [0.1, 0.15) is 11.3 Å². The lowest BCUT2D eigenvalue weighted by atomic mass is 10.2. The van der Waals surface area contributed by atoms with Crippen molar-refractivity contribution in [2.45, 2.75) is 6.92 Å². The van der Waals surface area contributed by atoms with Gasteiger partial charge < -0.3 is 14.2 Å². The standard InChI is InChI=1S/C13H13N3O3S/c1-8-6-20-13(15-8)16-14-5-9-3-11-12(19-7-18-11)4-10(9)17-2/h3-6H,7H2,1-2H3,(H,15,16). The third kappa shape index (κ3) is 2.53. The van der Waals surface area contributed by atoms with Crippen molar-refractivity contribution in [1.29, 1.82) is 0 Å². The van der Waals surface area contributed by atoms with E-state index in [1.54, 1.807) is 19.4 Å². The summed E-state index contributed by atoms with van der Waals surface area (Å²) in [6.07, 6.45) is 1.66. The number of hydrogen-bond donors (Lipinski definition) is 1. The maximum atomic E-state index is 5.34. The number of fused-ring (bicyclic) bond motifs is 1. The van der Waals surface area contributed by atoms with Gasteiger partial charge in [-0.3, -0.25) is 5.43 Å². The zero-order chi connectivity index (χ0) is 13.9. The molecule has 0 atom stereocenters. The number of hydrazone groups is 1. The van der Waals surface area contributed by atoms with Crippen LogP contribution in [0.4, 0.5) is 5.13 Å². The third-order valence-electron chi connectivity index (χ3n) is 2.71. The predicted octanol–water partition coefficient (Wildman–Crippen LogP) is 2.63. The average molecular weight is 291 g/mol. The quantitative estimate of drug-likeness (QED) is 0.693. The number of aromatic nitrogens is 1. The van der Waals surface area contributed by atoms with Gasteiger partial charge in [-0.15, -0.1) is 11.3 Å². The monoisotopic (exact) mass is 291 g/mol. The van der Waals surface area contributed by atoms with Crippen LogP contribution >= 0.6 is 11.3 Å². The van der Waals surface area contributed by atoms with Crippen LogP contribution in [0, 0.1) is 6.92 Å². The zero-order valence-corrected chi connectivity index (χ0v) is 11.9. The molecule has 104 valence electrons. The number of methoxy groups -OCH3 is 1. The Bertz CT molecular complexity index is 654. The van der Waals surface area contributed by atoms with Crippen LogP contribution in [-0.4, -0.2) is 25.1 Å². The van der Waals surface area contributed by atoms with Gasteiger partial charge in [-0.1, -0.05) is 0 Å². The van der Waals surface area contributed by atoms with E-state index in [4.69, 9.17) is 14.2 Å². The number of hydrogen-bond acceptors (Lipinski definition) is 7. The third-order valence-corrected chi connectivity index (χ3v) is 3.57. The van der Waals surface area contributed by atoms with Gasteiger partial charge in [0.2, 0.25) is 11.9 Å². The van der Waals surface area contributed by atoms with E-state index < -0.39 is 0 Å². The Hall–Kier alpha value is -2.28. The van der Waals surface area contributed by atoms with E-state index in [0.29, 0.717) is 17.2 Å². The fourth-order valence-corrected chi connectivity index (χ4v) is 2.42. The molecular weight excluding hydrogens is 278 g/mol. The molecule has 0 radical (unpaired) electrons. The molecule has 1 aliphatic heterocycles. The minimum atomic E-state index is 0.232. The molecule has 7 heteroatoms. The van der Waals surface area contributed by atoms with Crippen molar-refractivity contribution in [2.75, 3.05) is 19.3 Å². The lowest BCUT2D eigenvalue weighted by Crippen LogP contribution is -1.94. The van der Waals surface area contributed by atoms with Crippen LogP contribution < -0.4 is 19.6 Å².